The molecule has 1 N–H and O–H groups in total. The normalized spacial score (nSPS) is 10.7. The molecule has 0 aliphatic rings. The summed E-state index contributed by atoms with van der Waals surface area (Å²) in [5.74, 6) is 0.0754. The summed E-state index contributed by atoms with van der Waals surface area (Å²) in [6, 6.07) is 11.5. The highest BCUT2D eigenvalue weighted by Gasteiger charge is 2.15. The molecule has 12 heteroatoms. The molecule has 2 aromatic carbocycles. The SMILES string of the molecule is COC(=O)c1ccc(COc2ccc(/C=N/NC(=O)c3ccc([N+](=O)[O-])cc3Cl)cc2OC)o1. The van der Waals surface area contributed by atoms with Crippen LogP contribution in [0.15, 0.2) is 58.0 Å². The van der Waals surface area contributed by atoms with Crippen LogP contribution in [0.2, 0.25) is 5.02 Å². The number of nitro benzene ring substituents is 1. The average molecular weight is 488 g/mol. The molecule has 1 aromatic heterocycles. The van der Waals surface area contributed by atoms with Crippen molar-refractivity contribution in [1.29, 1.82) is 0 Å². The quantitative estimate of drug-likeness (QED) is 0.206. The zero-order valence-corrected chi connectivity index (χ0v) is 18.7. The topological polar surface area (TPSA) is 142 Å². The van der Waals surface area contributed by atoms with Gasteiger partial charge in [0, 0.05) is 12.1 Å². The summed E-state index contributed by atoms with van der Waals surface area (Å²) in [5, 5.41) is 14.6. The van der Waals surface area contributed by atoms with Gasteiger partial charge in [0.05, 0.1) is 35.9 Å². The number of ether oxygens (including phenoxy) is 3. The predicted octanol–water partition coefficient (Wildman–Crippen LogP) is 3.98. The van der Waals surface area contributed by atoms with Gasteiger partial charge in [0.1, 0.15) is 12.4 Å². The Kier molecular flexibility index (Phi) is 7.83. The van der Waals surface area contributed by atoms with Gasteiger partial charge in [-0.05, 0) is 42.0 Å². The van der Waals surface area contributed by atoms with E-state index in [1.165, 1.54) is 38.6 Å². The summed E-state index contributed by atoms with van der Waals surface area (Å²) in [6.45, 7) is 0.0485. The number of hydrogen-bond donors (Lipinski definition) is 1. The van der Waals surface area contributed by atoms with E-state index >= 15 is 0 Å². The maximum Gasteiger partial charge on any atom is 0.373 e. The number of amides is 1. The zero-order valence-electron chi connectivity index (χ0n) is 17.9. The monoisotopic (exact) mass is 487 g/mol. The minimum atomic E-state index is -0.632. The number of methoxy groups -OCH3 is 2. The second-order valence-corrected chi connectivity index (χ2v) is 6.98. The molecular weight excluding hydrogens is 470 g/mol. The van der Waals surface area contributed by atoms with Gasteiger partial charge in [-0.3, -0.25) is 14.9 Å². The molecule has 0 saturated heterocycles. The van der Waals surface area contributed by atoms with Crippen molar-refractivity contribution in [3.05, 3.63) is 86.3 Å². The largest absolute Gasteiger partial charge is 0.493 e. The number of nitro groups is 1. The van der Waals surface area contributed by atoms with E-state index in [-0.39, 0.29) is 28.6 Å². The molecule has 0 unspecified atom stereocenters. The van der Waals surface area contributed by atoms with Crippen LogP contribution in [-0.2, 0) is 11.3 Å². The van der Waals surface area contributed by atoms with Crippen LogP contribution in [-0.4, -0.2) is 37.2 Å². The number of benzene rings is 2. The maximum absolute atomic E-state index is 12.2. The van der Waals surface area contributed by atoms with Crippen LogP contribution in [0.3, 0.4) is 0 Å². The van der Waals surface area contributed by atoms with Crippen molar-refractivity contribution < 1.29 is 33.1 Å². The van der Waals surface area contributed by atoms with E-state index in [1.807, 2.05) is 0 Å². The van der Waals surface area contributed by atoms with E-state index in [0.29, 0.717) is 22.8 Å². The van der Waals surface area contributed by atoms with Crippen molar-refractivity contribution in [3.63, 3.8) is 0 Å². The Bertz CT molecular complexity index is 1250. The first kappa shape index (κ1) is 24.3. The highest BCUT2D eigenvalue weighted by Crippen LogP contribution is 2.28. The minimum Gasteiger partial charge on any atom is -0.493 e. The summed E-state index contributed by atoms with van der Waals surface area (Å²) in [4.78, 5) is 33.9. The summed E-state index contributed by atoms with van der Waals surface area (Å²) in [7, 11) is 2.72. The molecule has 1 heterocycles. The number of carbonyl (C=O) groups excluding carboxylic acids is 2. The predicted molar refractivity (Wildman–Crippen MR) is 121 cm³/mol. The number of carbonyl (C=O) groups is 2. The van der Waals surface area contributed by atoms with Gasteiger partial charge in [-0.2, -0.15) is 5.10 Å². The number of rotatable bonds is 9. The van der Waals surface area contributed by atoms with Crippen molar-refractivity contribution in [2.75, 3.05) is 14.2 Å². The Hall–Kier alpha value is -4.38. The van der Waals surface area contributed by atoms with Gasteiger partial charge < -0.3 is 18.6 Å². The van der Waals surface area contributed by atoms with Gasteiger partial charge >= 0.3 is 5.97 Å². The Morgan fingerprint density at radius 3 is 2.62 bits per heavy atom. The van der Waals surface area contributed by atoms with Crippen LogP contribution in [0.5, 0.6) is 11.5 Å². The summed E-state index contributed by atoms with van der Waals surface area (Å²) in [6.07, 6.45) is 1.37. The van der Waals surface area contributed by atoms with Gasteiger partial charge in [0.2, 0.25) is 5.76 Å². The van der Waals surface area contributed by atoms with Crippen molar-refractivity contribution in [1.82, 2.24) is 5.43 Å². The number of hydrogen-bond acceptors (Lipinski definition) is 9. The lowest BCUT2D eigenvalue weighted by atomic mass is 10.2. The van der Waals surface area contributed by atoms with Crippen molar-refractivity contribution in [2.24, 2.45) is 5.10 Å². The van der Waals surface area contributed by atoms with Gasteiger partial charge in [0.25, 0.3) is 11.6 Å². The molecule has 0 aliphatic heterocycles. The highest BCUT2D eigenvalue weighted by atomic mass is 35.5. The van der Waals surface area contributed by atoms with Crippen LogP contribution < -0.4 is 14.9 Å². The molecule has 3 aromatic rings. The molecule has 0 radical (unpaired) electrons. The molecule has 0 saturated carbocycles. The van der Waals surface area contributed by atoms with Crippen molar-refractivity contribution in [3.8, 4) is 11.5 Å². The number of halogens is 1. The molecule has 0 fully saturated rings. The fourth-order valence-corrected chi connectivity index (χ4v) is 2.99. The lowest BCUT2D eigenvalue weighted by Crippen LogP contribution is -2.18. The van der Waals surface area contributed by atoms with Gasteiger partial charge in [0.15, 0.2) is 11.5 Å². The second kappa shape index (κ2) is 11.0. The average Bonchev–Trinajstić information content (AvgIpc) is 3.31. The van der Waals surface area contributed by atoms with E-state index in [4.69, 9.17) is 25.5 Å². The van der Waals surface area contributed by atoms with Crippen LogP contribution in [0, 0.1) is 10.1 Å². The number of nitrogens with one attached hydrogen (secondary N) is 1. The lowest BCUT2D eigenvalue weighted by Gasteiger charge is -2.10. The Morgan fingerprint density at radius 2 is 1.94 bits per heavy atom. The van der Waals surface area contributed by atoms with Gasteiger partial charge in [-0.1, -0.05) is 11.6 Å². The lowest BCUT2D eigenvalue weighted by molar-refractivity contribution is -0.384. The summed E-state index contributed by atoms with van der Waals surface area (Å²) >= 11 is 5.94. The van der Waals surface area contributed by atoms with E-state index < -0.39 is 16.8 Å². The Balaban J connectivity index is 1.62. The maximum atomic E-state index is 12.2. The Labute approximate surface area is 198 Å². The van der Waals surface area contributed by atoms with E-state index in [2.05, 4.69) is 15.3 Å². The standard InChI is InChI=1S/C22H18ClN3O8/c1-31-20-9-13(3-7-18(20)33-12-15-5-8-19(34-15)22(28)32-2)11-24-25-21(27)16-6-4-14(26(29)30)10-17(16)23/h3-11H,12H2,1-2H3,(H,25,27)/b24-11+. The molecule has 0 spiro atoms. The first-order chi connectivity index (χ1) is 16.3. The summed E-state index contributed by atoms with van der Waals surface area (Å²) in [5.41, 5.74) is 2.71. The fourth-order valence-electron chi connectivity index (χ4n) is 2.73. The fraction of sp³-hybridized carbons (Fsp3) is 0.136. The van der Waals surface area contributed by atoms with Crippen LogP contribution in [0.1, 0.15) is 32.2 Å². The smallest absolute Gasteiger partial charge is 0.373 e. The first-order valence-corrected chi connectivity index (χ1v) is 9.95. The summed E-state index contributed by atoms with van der Waals surface area (Å²) < 4.78 is 21.0. The van der Waals surface area contributed by atoms with Gasteiger partial charge in [-0.15, -0.1) is 0 Å². The van der Waals surface area contributed by atoms with Gasteiger partial charge in [-0.25, -0.2) is 10.2 Å². The first-order valence-electron chi connectivity index (χ1n) is 9.57. The van der Waals surface area contributed by atoms with Crippen LogP contribution in [0.25, 0.3) is 0 Å². The molecule has 176 valence electrons. The molecule has 34 heavy (non-hydrogen) atoms. The van der Waals surface area contributed by atoms with E-state index in [1.54, 1.807) is 24.3 Å². The molecule has 0 atom stereocenters. The number of non-ortho nitro benzene ring substituents is 1. The molecule has 11 nitrogen and oxygen atoms in total. The number of hydrazone groups is 1. The Morgan fingerprint density at radius 1 is 1.15 bits per heavy atom. The third-order valence-electron chi connectivity index (χ3n) is 4.39. The molecule has 3 rings (SSSR count). The number of nitrogens with zero attached hydrogens (tertiary/aromatic N) is 2. The van der Waals surface area contributed by atoms with Crippen LogP contribution >= 0.6 is 11.6 Å². The molecule has 1 amide bonds. The minimum absolute atomic E-state index is 0.0408. The van der Waals surface area contributed by atoms with Crippen molar-refractivity contribution >= 4 is 35.4 Å². The highest BCUT2D eigenvalue weighted by molar-refractivity contribution is 6.34. The zero-order chi connectivity index (χ0) is 24.7. The van der Waals surface area contributed by atoms with Crippen molar-refractivity contribution in [2.45, 2.75) is 6.61 Å². The molecule has 0 aliphatic carbocycles. The van der Waals surface area contributed by atoms with E-state index in [0.717, 1.165) is 6.07 Å². The molecular formula is C22H18ClN3O8. The number of esters is 1. The second-order valence-electron chi connectivity index (χ2n) is 6.58. The van der Waals surface area contributed by atoms with Crippen LogP contribution in [0.4, 0.5) is 5.69 Å². The molecule has 0 bridgehead atoms. The van der Waals surface area contributed by atoms with E-state index in [9.17, 15) is 19.7 Å². The third-order valence-corrected chi connectivity index (χ3v) is 4.71. The number of furan rings is 1. The third kappa shape index (κ3) is 5.90.